The lowest BCUT2D eigenvalue weighted by Gasteiger charge is -2.40. The molecular formula is C16H23BO4. The van der Waals surface area contributed by atoms with E-state index in [1.165, 1.54) is 0 Å². The first-order valence-electron chi connectivity index (χ1n) is 7.39. The van der Waals surface area contributed by atoms with E-state index in [-0.39, 0.29) is 23.9 Å². The zero-order chi connectivity index (χ0) is 15.3. The van der Waals surface area contributed by atoms with Crippen LogP contribution in [-0.2, 0) is 24.4 Å². The molecule has 2 fully saturated rings. The summed E-state index contributed by atoms with van der Waals surface area (Å²) in [6.07, 6.45) is 0. The van der Waals surface area contributed by atoms with E-state index in [4.69, 9.17) is 18.8 Å². The lowest BCUT2D eigenvalue weighted by atomic mass is 9.77. The number of hydrogen-bond donors (Lipinski definition) is 0. The highest BCUT2D eigenvalue weighted by Gasteiger charge is 2.51. The Morgan fingerprint density at radius 2 is 1.48 bits per heavy atom. The van der Waals surface area contributed by atoms with E-state index >= 15 is 0 Å². The monoisotopic (exact) mass is 290 g/mol. The van der Waals surface area contributed by atoms with Gasteiger partial charge in [0, 0.05) is 7.11 Å². The van der Waals surface area contributed by atoms with E-state index in [2.05, 4.69) is 52.0 Å². The Balaban J connectivity index is 1.80. The smallest absolute Gasteiger partial charge is 0.399 e. The molecule has 4 nitrogen and oxygen atoms in total. The van der Waals surface area contributed by atoms with Gasteiger partial charge in [-0.15, -0.1) is 0 Å². The summed E-state index contributed by atoms with van der Waals surface area (Å²) in [5.74, 6) is 0. The van der Waals surface area contributed by atoms with E-state index < -0.39 is 0 Å². The second-order valence-corrected chi connectivity index (χ2v) is 6.90. The van der Waals surface area contributed by atoms with E-state index in [0.29, 0.717) is 13.2 Å². The van der Waals surface area contributed by atoms with Gasteiger partial charge in [0.05, 0.1) is 24.4 Å². The molecule has 0 atom stereocenters. The molecule has 0 spiro atoms. The van der Waals surface area contributed by atoms with Crippen LogP contribution in [-0.4, -0.2) is 38.6 Å². The van der Waals surface area contributed by atoms with Crippen molar-refractivity contribution in [3.63, 3.8) is 0 Å². The van der Waals surface area contributed by atoms with Gasteiger partial charge < -0.3 is 18.8 Å². The number of rotatable bonds is 3. The van der Waals surface area contributed by atoms with E-state index in [1.807, 2.05) is 0 Å². The first kappa shape index (κ1) is 15.0. The van der Waals surface area contributed by atoms with E-state index in [0.717, 1.165) is 11.0 Å². The van der Waals surface area contributed by atoms with Gasteiger partial charge in [-0.1, -0.05) is 24.3 Å². The van der Waals surface area contributed by atoms with Gasteiger partial charge in [-0.3, -0.25) is 0 Å². The molecule has 0 amide bonds. The van der Waals surface area contributed by atoms with Gasteiger partial charge in [-0.05, 0) is 38.7 Å². The lowest BCUT2D eigenvalue weighted by molar-refractivity contribution is -0.202. The van der Waals surface area contributed by atoms with Gasteiger partial charge in [0.2, 0.25) is 0 Å². The maximum Gasteiger partial charge on any atom is 0.494 e. The fraction of sp³-hybridized carbons (Fsp3) is 0.625. The van der Waals surface area contributed by atoms with Crippen LogP contribution in [0.15, 0.2) is 24.3 Å². The average Bonchev–Trinajstić information content (AvgIpc) is 2.59. The second kappa shape index (κ2) is 4.81. The zero-order valence-electron chi connectivity index (χ0n) is 13.4. The fourth-order valence-electron chi connectivity index (χ4n) is 2.61. The van der Waals surface area contributed by atoms with Crippen LogP contribution in [0, 0.1) is 0 Å². The predicted molar refractivity (Wildman–Crippen MR) is 81.7 cm³/mol. The van der Waals surface area contributed by atoms with Crippen LogP contribution in [0.4, 0.5) is 0 Å². The summed E-state index contributed by atoms with van der Waals surface area (Å²) in [6.45, 7) is 9.47. The molecule has 114 valence electrons. The highest BCUT2D eigenvalue weighted by Crippen LogP contribution is 2.37. The molecule has 1 aromatic rings. The Labute approximate surface area is 126 Å². The first-order chi connectivity index (χ1) is 9.80. The molecule has 0 radical (unpaired) electrons. The van der Waals surface area contributed by atoms with Crippen molar-refractivity contribution in [2.24, 2.45) is 0 Å². The van der Waals surface area contributed by atoms with Gasteiger partial charge in [0.1, 0.15) is 5.60 Å². The van der Waals surface area contributed by atoms with Crippen LogP contribution in [0.25, 0.3) is 0 Å². The van der Waals surface area contributed by atoms with Crippen LogP contribution < -0.4 is 5.46 Å². The highest BCUT2D eigenvalue weighted by atomic mass is 16.7. The Bertz CT molecular complexity index is 498. The maximum atomic E-state index is 6.06. The summed E-state index contributed by atoms with van der Waals surface area (Å²) in [5.41, 5.74) is 1.26. The molecule has 0 aliphatic carbocycles. The van der Waals surface area contributed by atoms with Gasteiger partial charge >= 0.3 is 7.12 Å². The van der Waals surface area contributed by atoms with Crippen molar-refractivity contribution in [1.82, 2.24) is 0 Å². The number of methoxy groups -OCH3 is 1. The first-order valence-corrected chi connectivity index (χ1v) is 7.39. The van der Waals surface area contributed by atoms with Crippen LogP contribution in [0.3, 0.4) is 0 Å². The zero-order valence-corrected chi connectivity index (χ0v) is 13.4. The van der Waals surface area contributed by atoms with Gasteiger partial charge in [-0.2, -0.15) is 0 Å². The molecule has 0 unspecified atom stereocenters. The fourth-order valence-corrected chi connectivity index (χ4v) is 2.61. The average molecular weight is 290 g/mol. The summed E-state index contributed by atoms with van der Waals surface area (Å²) in [5, 5.41) is 0. The minimum Gasteiger partial charge on any atom is -0.399 e. The van der Waals surface area contributed by atoms with Gasteiger partial charge in [0.15, 0.2) is 0 Å². The largest absolute Gasteiger partial charge is 0.494 e. The molecule has 0 N–H and O–H groups in total. The molecule has 5 heteroatoms. The Kier molecular flexibility index (Phi) is 3.45. The molecule has 0 bridgehead atoms. The third kappa shape index (κ3) is 2.32. The Morgan fingerprint density at radius 3 is 1.86 bits per heavy atom. The van der Waals surface area contributed by atoms with Crippen LogP contribution >= 0.6 is 0 Å². The van der Waals surface area contributed by atoms with E-state index in [9.17, 15) is 0 Å². The van der Waals surface area contributed by atoms with Crippen molar-refractivity contribution in [2.75, 3.05) is 20.3 Å². The summed E-state index contributed by atoms with van der Waals surface area (Å²) < 4.78 is 23.0. The minimum absolute atomic E-state index is 0.283. The SMILES string of the molecule is COC1(c2ccc(B3OC(C)(C)C(C)(C)O3)cc2)COC1. The number of ether oxygens (including phenoxy) is 2. The van der Waals surface area contributed by atoms with Crippen molar-refractivity contribution < 1.29 is 18.8 Å². The molecule has 1 aromatic carbocycles. The van der Waals surface area contributed by atoms with Crippen LogP contribution in [0.5, 0.6) is 0 Å². The molecule has 3 rings (SSSR count). The molecule has 2 saturated heterocycles. The summed E-state index contributed by atoms with van der Waals surface area (Å²) in [4.78, 5) is 0. The van der Waals surface area contributed by atoms with Crippen molar-refractivity contribution in [2.45, 2.75) is 44.5 Å². The van der Waals surface area contributed by atoms with Crippen molar-refractivity contribution in [1.29, 1.82) is 0 Å². The minimum atomic E-state index is -0.319. The van der Waals surface area contributed by atoms with Crippen molar-refractivity contribution >= 4 is 12.6 Å². The number of hydrogen-bond acceptors (Lipinski definition) is 4. The van der Waals surface area contributed by atoms with Gasteiger partial charge in [0.25, 0.3) is 0 Å². The van der Waals surface area contributed by atoms with Crippen molar-refractivity contribution in [3.05, 3.63) is 29.8 Å². The maximum absolute atomic E-state index is 6.06. The second-order valence-electron chi connectivity index (χ2n) is 6.90. The van der Waals surface area contributed by atoms with Crippen LogP contribution in [0.2, 0.25) is 0 Å². The lowest BCUT2D eigenvalue weighted by Crippen LogP contribution is -2.48. The summed E-state index contributed by atoms with van der Waals surface area (Å²) in [7, 11) is 1.41. The summed E-state index contributed by atoms with van der Waals surface area (Å²) in [6, 6.07) is 8.26. The topological polar surface area (TPSA) is 36.9 Å². The molecule has 2 aliphatic heterocycles. The number of benzene rings is 1. The Hall–Kier alpha value is -0.875. The highest BCUT2D eigenvalue weighted by molar-refractivity contribution is 6.62. The molecule has 2 aliphatic rings. The molecule has 21 heavy (non-hydrogen) atoms. The standard InChI is InChI=1S/C16H23BO4/c1-14(2)15(3,4)21-17(20-14)13-8-6-12(7-9-13)16(18-5)10-19-11-16/h6-9H,10-11H2,1-5H3. The van der Waals surface area contributed by atoms with Gasteiger partial charge in [-0.25, -0.2) is 0 Å². The quantitative estimate of drug-likeness (QED) is 0.796. The molecule has 0 aromatic heterocycles. The molecule has 2 heterocycles. The predicted octanol–water partition coefficient (Wildman–Crippen LogP) is 1.86. The summed E-state index contributed by atoms with van der Waals surface area (Å²) >= 11 is 0. The molecule has 0 saturated carbocycles. The third-order valence-electron chi connectivity index (χ3n) is 5.02. The normalized spacial score (nSPS) is 25.7. The van der Waals surface area contributed by atoms with Crippen molar-refractivity contribution in [3.8, 4) is 0 Å². The van der Waals surface area contributed by atoms with Crippen LogP contribution in [0.1, 0.15) is 33.3 Å². The third-order valence-corrected chi connectivity index (χ3v) is 5.02. The van der Waals surface area contributed by atoms with E-state index in [1.54, 1.807) is 7.11 Å². The molecular weight excluding hydrogens is 267 g/mol. The Morgan fingerprint density at radius 1 is 0.952 bits per heavy atom.